The Morgan fingerprint density at radius 3 is 2.61 bits per heavy atom. The molecule has 5 nitrogen and oxygen atoms in total. The molecule has 0 saturated heterocycles. The van der Waals surface area contributed by atoms with Crippen LogP contribution in [0.4, 0.5) is 0 Å². The zero-order chi connectivity index (χ0) is 23.0. The SMILES string of the molecule is CCc1cccc2c3c([nH]c12)C(CC)(CC(=O)O)OCC3.[CH2-]C1CCCCC1[NH-].[Cl][Pt]. The Labute approximate surface area is 201 Å². The molecule has 3 N–H and O–H groups in total. The Balaban J connectivity index is 0.000000286. The molecule has 3 atom stereocenters. The number of para-hydroxylation sites is 1. The molecule has 0 radical (unpaired) electrons. The number of benzene rings is 1. The molecule has 4 rings (SSSR count). The summed E-state index contributed by atoms with van der Waals surface area (Å²) in [5, 5.41) is 10.5. The number of carboxylic acids is 1. The van der Waals surface area contributed by atoms with E-state index in [1.807, 2.05) is 6.92 Å². The van der Waals surface area contributed by atoms with Crippen molar-refractivity contribution in [2.24, 2.45) is 5.92 Å². The third-order valence-electron chi connectivity index (χ3n) is 6.51. The fourth-order valence-electron chi connectivity index (χ4n) is 4.69. The average molecular weight is 629 g/mol. The van der Waals surface area contributed by atoms with Crippen molar-refractivity contribution in [3.8, 4) is 0 Å². The topological polar surface area (TPSA) is 86.1 Å². The van der Waals surface area contributed by atoms with E-state index in [0.29, 0.717) is 18.9 Å². The van der Waals surface area contributed by atoms with Crippen LogP contribution < -0.4 is 0 Å². The van der Waals surface area contributed by atoms with Crippen LogP contribution in [0.15, 0.2) is 18.2 Å². The van der Waals surface area contributed by atoms with E-state index in [4.69, 9.17) is 10.5 Å². The normalized spacial score (nSPS) is 25.0. The zero-order valence-electron chi connectivity index (χ0n) is 18.4. The van der Waals surface area contributed by atoms with Crippen LogP contribution in [0.25, 0.3) is 16.6 Å². The Morgan fingerprint density at radius 2 is 2.06 bits per heavy atom. The Bertz CT molecular complexity index is 847. The van der Waals surface area contributed by atoms with E-state index in [9.17, 15) is 9.90 Å². The summed E-state index contributed by atoms with van der Waals surface area (Å²) in [4.78, 5) is 14.8. The summed E-state index contributed by atoms with van der Waals surface area (Å²) in [5.74, 6) is -0.400. The van der Waals surface area contributed by atoms with Crippen molar-refractivity contribution in [2.45, 2.75) is 76.9 Å². The Kier molecular flexibility index (Phi) is 10.5. The van der Waals surface area contributed by atoms with Gasteiger partial charge in [-0.25, -0.2) is 0 Å². The molecule has 1 aromatic carbocycles. The summed E-state index contributed by atoms with van der Waals surface area (Å²) in [5.41, 5.74) is 11.3. The van der Waals surface area contributed by atoms with Crippen LogP contribution in [0.3, 0.4) is 0 Å². The Morgan fingerprint density at radius 1 is 1.35 bits per heavy atom. The van der Waals surface area contributed by atoms with Crippen LogP contribution in [0, 0.1) is 12.8 Å². The molecule has 31 heavy (non-hydrogen) atoms. The van der Waals surface area contributed by atoms with Gasteiger partial charge in [-0.3, -0.25) is 4.79 Å². The van der Waals surface area contributed by atoms with Gasteiger partial charge in [0, 0.05) is 10.9 Å². The molecule has 1 aliphatic carbocycles. The number of carbonyl (C=O) groups is 1. The van der Waals surface area contributed by atoms with Crippen LogP contribution in [0.5, 0.6) is 0 Å². The summed E-state index contributed by atoms with van der Waals surface area (Å²) in [6.07, 6.45) is 7.25. The number of ether oxygens (including phenoxy) is 1. The molecule has 2 aliphatic rings. The van der Waals surface area contributed by atoms with Crippen LogP contribution in [-0.4, -0.2) is 28.7 Å². The van der Waals surface area contributed by atoms with Crippen LogP contribution >= 0.6 is 9.42 Å². The predicted molar refractivity (Wildman–Crippen MR) is 123 cm³/mol. The van der Waals surface area contributed by atoms with Crippen LogP contribution in [-0.2, 0) is 46.7 Å². The number of hydrogen-bond donors (Lipinski definition) is 2. The molecule has 1 fully saturated rings. The van der Waals surface area contributed by atoms with E-state index < -0.39 is 11.6 Å². The van der Waals surface area contributed by atoms with Crippen molar-refractivity contribution in [3.05, 3.63) is 47.7 Å². The van der Waals surface area contributed by atoms with Crippen LogP contribution in [0.2, 0.25) is 0 Å². The zero-order valence-corrected chi connectivity index (χ0v) is 21.4. The van der Waals surface area contributed by atoms with Gasteiger partial charge in [0.25, 0.3) is 0 Å². The number of aryl methyl sites for hydroxylation is 1. The summed E-state index contributed by atoms with van der Waals surface area (Å²) in [7, 11) is 4.61. The number of nitrogens with one attached hydrogen (secondary N) is 2. The van der Waals surface area contributed by atoms with Crippen molar-refractivity contribution < 1.29 is 33.4 Å². The molecular formula is C24H34ClN2O3Pt-2. The number of carboxylic acid groups (broad SMARTS) is 1. The van der Waals surface area contributed by atoms with Gasteiger partial charge in [-0.05, 0) is 30.4 Å². The molecule has 2 aromatic rings. The average Bonchev–Trinajstić information content (AvgIpc) is 3.17. The number of rotatable bonds is 4. The monoisotopic (exact) mass is 628 g/mol. The molecule has 0 amide bonds. The first-order valence-corrected chi connectivity index (χ1v) is 13.9. The van der Waals surface area contributed by atoms with E-state index in [0.717, 1.165) is 30.5 Å². The quantitative estimate of drug-likeness (QED) is 0.379. The fourth-order valence-corrected chi connectivity index (χ4v) is 4.69. The number of halogens is 1. The van der Waals surface area contributed by atoms with Crippen molar-refractivity contribution in [3.63, 3.8) is 0 Å². The molecule has 1 aliphatic heterocycles. The summed E-state index contributed by atoms with van der Waals surface area (Å²) >= 11 is 1.61. The molecule has 1 aromatic heterocycles. The van der Waals surface area contributed by atoms with Crippen molar-refractivity contribution in [2.75, 3.05) is 6.61 Å². The number of fused-ring (bicyclic) bond motifs is 3. The maximum atomic E-state index is 11.3. The maximum absolute atomic E-state index is 11.3. The third-order valence-corrected chi connectivity index (χ3v) is 6.51. The van der Waals surface area contributed by atoms with Crippen molar-refractivity contribution in [1.29, 1.82) is 0 Å². The van der Waals surface area contributed by atoms with Gasteiger partial charge in [0.05, 0.1) is 18.7 Å². The van der Waals surface area contributed by atoms with Crippen molar-refractivity contribution in [1.82, 2.24) is 4.98 Å². The second-order valence-electron chi connectivity index (χ2n) is 8.34. The second kappa shape index (κ2) is 12.4. The number of aromatic amines is 1. The molecular weight excluding hydrogens is 595 g/mol. The Hall–Kier alpha value is -0.872. The van der Waals surface area contributed by atoms with Gasteiger partial charge in [-0.2, -0.15) is 12.0 Å². The number of H-pyrrole nitrogens is 1. The standard InChI is InChI=1S/C17H21NO3.C7H13N.ClH.Pt/c1-3-11-6-5-7-12-13-8-9-21-17(4-2,10-14(19)20)16(13)18-15(11)12;1-6-4-2-3-5-7(6)8;;/h5-7,18H,3-4,8-10H2,1-2H3,(H,19,20);6-8H,1-5H2;1H;/q;-2;;+1/p-1. The predicted octanol–water partition coefficient (Wildman–Crippen LogP) is 6.50. The van der Waals surface area contributed by atoms with Gasteiger partial charge in [0.1, 0.15) is 5.60 Å². The molecule has 0 bridgehead atoms. The molecule has 2 heterocycles. The summed E-state index contributed by atoms with van der Waals surface area (Å²) < 4.78 is 5.94. The summed E-state index contributed by atoms with van der Waals surface area (Å²) in [6, 6.07) is 6.46. The van der Waals surface area contributed by atoms with Gasteiger partial charge in [-0.1, -0.05) is 57.7 Å². The minimum absolute atomic E-state index is 0.00474. The van der Waals surface area contributed by atoms with Crippen molar-refractivity contribution >= 4 is 26.3 Å². The first kappa shape index (κ1) is 26.4. The molecule has 0 spiro atoms. The van der Waals surface area contributed by atoms with Gasteiger partial charge < -0.3 is 27.5 Å². The van der Waals surface area contributed by atoms with Gasteiger partial charge in [0.15, 0.2) is 0 Å². The van der Waals surface area contributed by atoms with Gasteiger partial charge >= 0.3 is 34.2 Å². The molecule has 7 heteroatoms. The number of hydrogen-bond acceptors (Lipinski definition) is 2. The number of aliphatic carboxylic acids is 1. The summed E-state index contributed by atoms with van der Waals surface area (Å²) in [6.45, 7) is 8.60. The van der Waals surface area contributed by atoms with Gasteiger partial charge in [-0.15, -0.1) is 0 Å². The minimum atomic E-state index is -0.820. The fraction of sp³-hybridized carbons (Fsp3) is 0.583. The van der Waals surface area contributed by atoms with Gasteiger partial charge in [0.2, 0.25) is 0 Å². The van der Waals surface area contributed by atoms with E-state index in [1.165, 1.54) is 35.8 Å². The molecule has 177 valence electrons. The van der Waals surface area contributed by atoms with E-state index in [2.05, 4.69) is 46.4 Å². The second-order valence-corrected chi connectivity index (χ2v) is 8.34. The third kappa shape index (κ3) is 6.13. The molecule has 1 saturated carbocycles. The number of aromatic nitrogens is 1. The van der Waals surface area contributed by atoms with E-state index in [-0.39, 0.29) is 12.5 Å². The first-order chi connectivity index (χ1) is 14.9. The van der Waals surface area contributed by atoms with E-state index >= 15 is 0 Å². The van der Waals surface area contributed by atoms with E-state index in [1.54, 1.807) is 18.8 Å². The molecule has 3 unspecified atom stereocenters. The van der Waals surface area contributed by atoms with Crippen LogP contribution in [0.1, 0.15) is 69.2 Å². The first-order valence-electron chi connectivity index (χ1n) is 11.1.